The van der Waals surface area contributed by atoms with Gasteiger partial charge >= 0.3 is 5.97 Å². The Bertz CT molecular complexity index is 401. The number of rotatable bonds is 5. The number of furan rings is 1. The molecule has 1 atom stereocenters. The van der Waals surface area contributed by atoms with Crippen LogP contribution in [-0.4, -0.2) is 36.7 Å². The molecule has 0 aromatic carbocycles. The number of aliphatic hydroxyl groups is 1. The maximum Gasteiger partial charge on any atom is 0.336 e. The fourth-order valence-corrected chi connectivity index (χ4v) is 1.11. The molecule has 0 spiro atoms. The smallest absolute Gasteiger partial charge is 0.336 e. The number of methoxy groups -OCH3 is 1. The SMILES string of the molecule is COC(=O)C(O)CNC(=O)c1ccc(CN)o1. The fourth-order valence-electron chi connectivity index (χ4n) is 1.11. The molecule has 4 N–H and O–H groups in total. The number of carbonyl (C=O) groups excluding carboxylic acids is 2. The zero-order chi connectivity index (χ0) is 12.8. The Morgan fingerprint density at radius 1 is 1.59 bits per heavy atom. The van der Waals surface area contributed by atoms with Crippen molar-refractivity contribution in [3.05, 3.63) is 23.7 Å². The minimum absolute atomic E-state index is 0.0718. The Labute approximate surface area is 97.5 Å². The Balaban J connectivity index is 2.47. The van der Waals surface area contributed by atoms with Gasteiger partial charge in [0.15, 0.2) is 11.9 Å². The molecule has 1 amide bonds. The van der Waals surface area contributed by atoms with E-state index in [1.165, 1.54) is 6.07 Å². The maximum absolute atomic E-state index is 11.5. The number of hydrogen-bond acceptors (Lipinski definition) is 6. The van der Waals surface area contributed by atoms with Gasteiger partial charge in [0.05, 0.1) is 20.2 Å². The second-order valence-corrected chi connectivity index (χ2v) is 3.22. The molecule has 0 aliphatic carbocycles. The van der Waals surface area contributed by atoms with Crippen LogP contribution in [0.5, 0.6) is 0 Å². The van der Waals surface area contributed by atoms with Crippen LogP contribution in [0.3, 0.4) is 0 Å². The number of ether oxygens (including phenoxy) is 1. The molecule has 1 aromatic rings. The van der Waals surface area contributed by atoms with Gasteiger partial charge in [-0.15, -0.1) is 0 Å². The molecule has 0 fully saturated rings. The number of aliphatic hydroxyl groups excluding tert-OH is 1. The van der Waals surface area contributed by atoms with E-state index >= 15 is 0 Å². The van der Waals surface area contributed by atoms with Crippen LogP contribution < -0.4 is 11.1 Å². The van der Waals surface area contributed by atoms with E-state index in [9.17, 15) is 14.7 Å². The van der Waals surface area contributed by atoms with Gasteiger partial charge in [0.2, 0.25) is 0 Å². The lowest BCUT2D eigenvalue weighted by atomic mass is 10.3. The Hall–Kier alpha value is -1.86. The molecule has 1 heterocycles. The summed E-state index contributed by atoms with van der Waals surface area (Å²) in [7, 11) is 1.15. The van der Waals surface area contributed by atoms with E-state index < -0.39 is 18.0 Å². The van der Waals surface area contributed by atoms with Gasteiger partial charge in [0.1, 0.15) is 5.76 Å². The molecular formula is C10H14N2O5. The summed E-state index contributed by atoms with van der Waals surface area (Å²) in [6.07, 6.45) is -1.40. The average Bonchev–Trinajstić information content (AvgIpc) is 2.83. The molecule has 0 saturated carbocycles. The lowest BCUT2D eigenvalue weighted by Crippen LogP contribution is -2.37. The van der Waals surface area contributed by atoms with Gasteiger partial charge in [-0.05, 0) is 12.1 Å². The van der Waals surface area contributed by atoms with Crippen molar-refractivity contribution in [3.8, 4) is 0 Å². The molecule has 0 saturated heterocycles. The van der Waals surface area contributed by atoms with E-state index in [0.717, 1.165) is 7.11 Å². The van der Waals surface area contributed by atoms with Crippen molar-refractivity contribution < 1.29 is 23.8 Å². The molecule has 1 aromatic heterocycles. The lowest BCUT2D eigenvalue weighted by molar-refractivity contribution is -0.149. The van der Waals surface area contributed by atoms with Gasteiger partial charge < -0.3 is 25.3 Å². The van der Waals surface area contributed by atoms with Gasteiger partial charge in [0, 0.05) is 0 Å². The summed E-state index contributed by atoms with van der Waals surface area (Å²) in [6.45, 7) is -0.0533. The summed E-state index contributed by atoms with van der Waals surface area (Å²) in [5.74, 6) is -0.800. The molecule has 0 radical (unpaired) electrons. The van der Waals surface area contributed by atoms with E-state index in [-0.39, 0.29) is 18.8 Å². The van der Waals surface area contributed by atoms with Crippen molar-refractivity contribution in [3.63, 3.8) is 0 Å². The van der Waals surface area contributed by atoms with Crippen LogP contribution in [0.4, 0.5) is 0 Å². The summed E-state index contributed by atoms with van der Waals surface area (Å²) in [5, 5.41) is 11.6. The molecule has 1 unspecified atom stereocenters. The molecule has 0 aliphatic heterocycles. The third kappa shape index (κ3) is 3.58. The first kappa shape index (κ1) is 13.2. The second kappa shape index (κ2) is 6.02. The molecule has 1 rings (SSSR count). The quantitative estimate of drug-likeness (QED) is 0.570. The van der Waals surface area contributed by atoms with E-state index in [0.29, 0.717) is 5.76 Å². The van der Waals surface area contributed by atoms with Crippen LogP contribution in [-0.2, 0) is 16.1 Å². The van der Waals surface area contributed by atoms with Crippen molar-refractivity contribution in [2.45, 2.75) is 12.6 Å². The lowest BCUT2D eigenvalue weighted by Gasteiger charge is -2.08. The minimum atomic E-state index is -1.40. The summed E-state index contributed by atoms with van der Waals surface area (Å²) in [6, 6.07) is 3.04. The zero-order valence-electron chi connectivity index (χ0n) is 9.30. The highest BCUT2D eigenvalue weighted by Crippen LogP contribution is 2.06. The number of nitrogens with one attached hydrogen (secondary N) is 1. The van der Waals surface area contributed by atoms with Gasteiger partial charge in [-0.25, -0.2) is 4.79 Å². The first-order chi connectivity index (χ1) is 8.08. The molecule has 0 bridgehead atoms. The monoisotopic (exact) mass is 242 g/mol. The Morgan fingerprint density at radius 2 is 2.29 bits per heavy atom. The molecule has 7 nitrogen and oxygen atoms in total. The molecular weight excluding hydrogens is 228 g/mol. The summed E-state index contributed by atoms with van der Waals surface area (Å²) in [4.78, 5) is 22.3. The third-order valence-electron chi connectivity index (χ3n) is 2.02. The van der Waals surface area contributed by atoms with E-state index in [1.54, 1.807) is 6.07 Å². The first-order valence-electron chi connectivity index (χ1n) is 4.91. The predicted octanol–water partition coefficient (Wildman–Crippen LogP) is -0.998. The maximum atomic E-state index is 11.5. The molecule has 0 aliphatic rings. The van der Waals surface area contributed by atoms with Crippen LogP contribution in [0.15, 0.2) is 16.5 Å². The number of esters is 1. The number of nitrogens with two attached hydrogens (primary N) is 1. The molecule has 17 heavy (non-hydrogen) atoms. The van der Waals surface area contributed by atoms with E-state index in [1.807, 2.05) is 0 Å². The van der Waals surface area contributed by atoms with Crippen LogP contribution in [0.1, 0.15) is 16.3 Å². The molecule has 94 valence electrons. The standard InChI is InChI=1S/C10H14N2O5/c1-16-10(15)7(13)5-12-9(14)8-3-2-6(4-11)17-8/h2-3,7,13H,4-5,11H2,1H3,(H,12,14). The Morgan fingerprint density at radius 3 is 2.82 bits per heavy atom. The van der Waals surface area contributed by atoms with Gasteiger partial charge in [-0.3, -0.25) is 4.79 Å². The van der Waals surface area contributed by atoms with Crippen LogP contribution >= 0.6 is 0 Å². The highest BCUT2D eigenvalue weighted by molar-refractivity contribution is 5.91. The van der Waals surface area contributed by atoms with Gasteiger partial charge in [-0.2, -0.15) is 0 Å². The zero-order valence-corrected chi connectivity index (χ0v) is 9.30. The van der Waals surface area contributed by atoms with Crippen LogP contribution in [0, 0.1) is 0 Å². The van der Waals surface area contributed by atoms with E-state index in [2.05, 4.69) is 10.1 Å². The summed E-state index contributed by atoms with van der Waals surface area (Å²) < 4.78 is 9.37. The largest absolute Gasteiger partial charge is 0.467 e. The number of carbonyl (C=O) groups is 2. The first-order valence-corrected chi connectivity index (χ1v) is 4.91. The third-order valence-corrected chi connectivity index (χ3v) is 2.02. The van der Waals surface area contributed by atoms with Crippen LogP contribution in [0.25, 0.3) is 0 Å². The minimum Gasteiger partial charge on any atom is -0.467 e. The van der Waals surface area contributed by atoms with E-state index in [4.69, 9.17) is 10.2 Å². The van der Waals surface area contributed by atoms with Gasteiger partial charge in [0.25, 0.3) is 5.91 Å². The van der Waals surface area contributed by atoms with Crippen molar-refractivity contribution in [1.29, 1.82) is 0 Å². The Kier molecular flexibility index (Phi) is 4.68. The van der Waals surface area contributed by atoms with Crippen molar-refractivity contribution in [1.82, 2.24) is 5.32 Å². The summed E-state index contributed by atoms with van der Waals surface area (Å²) in [5.41, 5.74) is 5.32. The predicted molar refractivity (Wildman–Crippen MR) is 57.0 cm³/mol. The normalized spacial score (nSPS) is 11.9. The highest BCUT2D eigenvalue weighted by Gasteiger charge is 2.18. The van der Waals surface area contributed by atoms with Crippen molar-refractivity contribution in [2.75, 3.05) is 13.7 Å². The summed E-state index contributed by atoms with van der Waals surface area (Å²) >= 11 is 0. The average molecular weight is 242 g/mol. The number of hydrogen-bond donors (Lipinski definition) is 3. The van der Waals surface area contributed by atoms with Crippen molar-refractivity contribution >= 4 is 11.9 Å². The number of amides is 1. The molecule has 7 heteroatoms. The topological polar surface area (TPSA) is 115 Å². The van der Waals surface area contributed by atoms with Gasteiger partial charge in [-0.1, -0.05) is 0 Å². The fraction of sp³-hybridized carbons (Fsp3) is 0.400. The van der Waals surface area contributed by atoms with Crippen LogP contribution in [0.2, 0.25) is 0 Å². The van der Waals surface area contributed by atoms with Crippen molar-refractivity contribution in [2.24, 2.45) is 5.73 Å². The second-order valence-electron chi connectivity index (χ2n) is 3.22. The highest BCUT2D eigenvalue weighted by atomic mass is 16.5.